The second kappa shape index (κ2) is 5.81. The second-order valence-corrected chi connectivity index (χ2v) is 5.46. The first-order valence-corrected chi connectivity index (χ1v) is 6.81. The van der Waals surface area contributed by atoms with Crippen LogP contribution in [0.3, 0.4) is 0 Å². The zero-order valence-corrected chi connectivity index (χ0v) is 11.8. The van der Waals surface area contributed by atoms with Crippen molar-refractivity contribution in [2.45, 2.75) is 19.8 Å². The average Bonchev–Trinajstić information content (AvgIpc) is 3.14. The fraction of sp³-hybridized carbons (Fsp3) is 0.571. The van der Waals surface area contributed by atoms with Crippen LogP contribution in [0.1, 0.15) is 18.4 Å². The fourth-order valence-electron chi connectivity index (χ4n) is 2.05. The summed E-state index contributed by atoms with van der Waals surface area (Å²) in [5, 5.41) is 0.755. The van der Waals surface area contributed by atoms with E-state index in [0.29, 0.717) is 0 Å². The van der Waals surface area contributed by atoms with Gasteiger partial charge in [-0.05, 0) is 43.4 Å². The molecule has 0 unspecified atom stereocenters. The molecular formula is C14H21ClN2O. The first-order chi connectivity index (χ1) is 8.59. The van der Waals surface area contributed by atoms with Gasteiger partial charge in [0.1, 0.15) is 0 Å². The maximum absolute atomic E-state index is 6.13. The van der Waals surface area contributed by atoms with Crippen LogP contribution in [0.15, 0.2) is 12.1 Å². The molecule has 0 heterocycles. The van der Waals surface area contributed by atoms with E-state index < -0.39 is 0 Å². The number of hydrogen-bond donors (Lipinski definition) is 1. The van der Waals surface area contributed by atoms with Crippen molar-refractivity contribution in [3.63, 3.8) is 0 Å². The topological polar surface area (TPSA) is 38.5 Å². The van der Waals surface area contributed by atoms with Crippen molar-refractivity contribution in [1.29, 1.82) is 0 Å². The van der Waals surface area contributed by atoms with Crippen LogP contribution in [0.4, 0.5) is 11.4 Å². The van der Waals surface area contributed by atoms with E-state index in [-0.39, 0.29) is 0 Å². The SMILES string of the molecule is Cc1c(Cl)ccc(N)c1N(C)CCOCC1CC1. The van der Waals surface area contributed by atoms with Gasteiger partial charge in [-0.3, -0.25) is 0 Å². The summed E-state index contributed by atoms with van der Waals surface area (Å²) in [4.78, 5) is 2.11. The van der Waals surface area contributed by atoms with Gasteiger partial charge in [-0.2, -0.15) is 0 Å². The van der Waals surface area contributed by atoms with Crippen molar-refractivity contribution in [3.8, 4) is 0 Å². The molecule has 1 aromatic carbocycles. The van der Waals surface area contributed by atoms with Gasteiger partial charge in [0.2, 0.25) is 0 Å². The molecule has 0 saturated heterocycles. The normalized spacial score (nSPS) is 14.8. The van der Waals surface area contributed by atoms with Gasteiger partial charge < -0.3 is 15.4 Å². The number of rotatable bonds is 6. The molecule has 0 atom stereocenters. The van der Waals surface area contributed by atoms with Crippen molar-refractivity contribution in [2.75, 3.05) is 37.4 Å². The maximum atomic E-state index is 6.13. The number of likely N-dealkylation sites (N-methyl/N-ethyl adjacent to an activating group) is 1. The van der Waals surface area contributed by atoms with Crippen LogP contribution >= 0.6 is 11.6 Å². The van der Waals surface area contributed by atoms with E-state index in [1.54, 1.807) is 0 Å². The molecule has 0 spiro atoms. The first-order valence-electron chi connectivity index (χ1n) is 6.43. The molecule has 18 heavy (non-hydrogen) atoms. The first kappa shape index (κ1) is 13.5. The lowest BCUT2D eigenvalue weighted by atomic mass is 10.1. The fourth-order valence-corrected chi connectivity index (χ4v) is 2.20. The van der Waals surface area contributed by atoms with Gasteiger partial charge in [-0.1, -0.05) is 11.6 Å². The lowest BCUT2D eigenvalue weighted by Crippen LogP contribution is -2.24. The predicted octanol–water partition coefficient (Wildman–Crippen LogP) is 3.09. The second-order valence-electron chi connectivity index (χ2n) is 5.05. The van der Waals surface area contributed by atoms with Gasteiger partial charge in [0, 0.05) is 25.2 Å². The molecule has 0 radical (unpaired) electrons. The number of halogens is 1. The van der Waals surface area contributed by atoms with Crippen LogP contribution in [-0.4, -0.2) is 26.8 Å². The van der Waals surface area contributed by atoms with Crippen molar-refractivity contribution in [1.82, 2.24) is 0 Å². The molecule has 1 aliphatic rings. The van der Waals surface area contributed by atoms with Crippen LogP contribution in [0.2, 0.25) is 5.02 Å². The third kappa shape index (κ3) is 3.30. The van der Waals surface area contributed by atoms with E-state index in [1.165, 1.54) is 12.8 Å². The summed E-state index contributed by atoms with van der Waals surface area (Å²) >= 11 is 6.13. The molecule has 100 valence electrons. The van der Waals surface area contributed by atoms with Crippen molar-refractivity contribution in [3.05, 3.63) is 22.7 Å². The zero-order valence-electron chi connectivity index (χ0n) is 11.1. The van der Waals surface area contributed by atoms with Crippen molar-refractivity contribution in [2.24, 2.45) is 5.92 Å². The molecule has 0 amide bonds. The highest BCUT2D eigenvalue weighted by molar-refractivity contribution is 6.31. The number of nitrogens with two attached hydrogens (primary N) is 1. The van der Waals surface area contributed by atoms with E-state index in [0.717, 1.165) is 47.6 Å². The van der Waals surface area contributed by atoms with Gasteiger partial charge in [0.05, 0.1) is 18.0 Å². The monoisotopic (exact) mass is 268 g/mol. The number of benzene rings is 1. The average molecular weight is 269 g/mol. The Labute approximate surface area is 114 Å². The van der Waals surface area contributed by atoms with Crippen LogP contribution in [0.25, 0.3) is 0 Å². The van der Waals surface area contributed by atoms with Crippen LogP contribution < -0.4 is 10.6 Å². The predicted molar refractivity (Wildman–Crippen MR) is 77.4 cm³/mol. The quantitative estimate of drug-likeness (QED) is 0.636. The molecule has 1 aliphatic carbocycles. The number of ether oxygens (including phenoxy) is 1. The van der Waals surface area contributed by atoms with E-state index >= 15 is 0 Å². The maximum Gasteiger partial charge on any atom is 0.0642 e. The minimum atomic E-state index is 0.735. The van der Waals surface area contributed by atoms with Crippen molar-refractivity contribution >= 4 is 23.0 Å². The molecule has 1 aromatic rings. The molecule has 2 N–H and O–H groups in total. The van der Waals surface area contributed by atoms with E-state index in [2.05, 4.69) is 4.90 Å². The summed E-state index contributed by atoms with van der Waals surface area (Å²) < 4.78 is 5.64. The largest absolute Gasteiger partial charge is 0.397 e. The molecular weight excluding hydrogens is 248 g/mol. The standard InChI is InChI=1S/C14H21ClN2O/c1-10-12(15)5-6-13(16)14(10)17(2)7-8-18-9-11-3-4-11/h5-6,11H,3-4,7-9,16H2,1-2H3. The molecule has 1 fully saturated rings. The van der Waals surface area contributed by atoms with Gasteiger partial charge in [-0.15, -0.1) is 0 Å². The summed E-state index contributed by atoms with van der Waals surface area (Å²) in [6.07, 6.45) is 2.66. The molecule has 2 rings (SSSR count). The molecule has 1 saturated carbocycles. The molecule has 3 nitrogen and oxygen atoms in total. The molecule has 4 heteroatoms. The van der Waals surface area contributed by atoms with Crippen LogP contribution in [0.5, 0.6) is 0 Å². The number of anilines is 2. The highest BCUT2D eigenvalue weighted by Crippen LogP contribution is 2.32. The summed E-state index contributed by atoms with van der Waals surface area (Å²) in [5.74, 6) is 0.813. The number of nitrogen functional groups attached to an aromatic ring is 1. The summed E-state index contributed by atoms with van der Waals surface area (Å²) in [6, 6.07) is 3.69. The molecule has 0 bridgehead atoms. The lowest BCUT2D eigenvalue weighted by molar-refractivity contribution is 0.131. The Balaban J connectivity index is 1.90. The minimum absolute atomic E-state index is 0.735. The summed E-state index contributed by atoms with van der Waals surface area (Å²) in [5.41, 5.74) is 8.82. The highest BCUT2D eigenvalue weighted by atomic mass is 35.5. The Morgan fingerprint density at radius 2 is 2.17 bits per heavy atom. The Bertz CT molecular complexity index is 419. The summed E-state index contributed by atoms with van der Waals surface area (Å²) in [6.45, 7) is 4.46. The Morgan fingerprint density at radius 1 is 1.44 bits per heavy atom. The Kier molecular flexibility index (Phi) is 4.36. The lowest BCUT2D eigenvalue weighted by Gasteiger charge is -2.23. The Morgan fingerprint density at radius 3 is 2.83 bits per heavy atom. The number of hydrogen-bond acceptors (Lipinski definition) is 3. The van der Waals surface area contributed by atoms with Gasteiger partial charge in [0.25, 0.3) is 0 Å². The molecule has 0 aromatic heterocycles. The minimum Gasteiger partial charge on any atom is -0.397 e. The third-order valence-electron chi connectivity index (χ3n) is 3.40. The van der Waals surface area contributed by atoms with E-state index in [1.807, 2.05) is 26.1 Å². The van der Waals surface area contributed by atoms with Gasteiger partial charge >= 0.3 is 0 Å². The molecule has 0 aliphatic heterocycles. The highest BCUT2D eigenvalue weighted by Gasteiger charge is 2.21. The van der Waals surface area contributed by atoms with Crippen LogP contribution in [-0.2, 0) is 4.74 Å². The van der Waals surface area contributed by atoms with E-state index in [9.17, 15) is 0 Å². The summed E-state index contributed by atoms with van der Waals surface area (Å²) in [7, 11) is 2.02. The van der Waals surface area contributed by atoms with Gasteiger partial charge in [0.15, 0.2) is 0 Å². The van der Waals surface area contributed by atoms with Gasteiger partial charge in [-0.25, -0.2) is 0 Å². The van der Waals surface area contributed by atoms with Crippen molar-refractivity contribution < 1.29 is 4.74 Å². The Hall–Kier alpha value is -0.930. The van der Waals surface area contributed by atoms with E-state index in [4.69, 9.17) is 22.1 Å². The third-order valence-corrected chi connectivity index (χ3v) is 3.81. The smallest absolute Gasteiger partial charge is 0.0642 e. The number of nitrogens with zero attached hydrogens (tertiary/aromatic N) is 1. The zero-order chi connectivity index (χ0) is 13.1. The van der Waals surface area contributed by atoms with Crippen LogP contribution in [0, 0.1) is 12.8 Å².